The molecule has 0 aromatic heterocycles. The molecule has 0 fully saturated rings. The quantitative estimate of drug-likeness (QED) is 0.433. The van der Waals surface area contributed by atoms with Crippen LogP contribution in [-0.4, -0.2) is 36.4 Å². The summed E-state index contributed by atoms with van der Waals surface area (Å²) in [7, 11) is 0. The van der Waals surface area contributed by atoms with Crippen molar-refractivity contribution in [3.05, 3.63) is 58.1 Å². The van der Waals surface area contributed by atoms with Gasteiger partial charge in [0, 0.05) is 36.2 Å². The monoisotopic (exact) mass is 450 g/mol. The first-order chi connectivity index (χ1) is 14.0. The van der Waals surface area contributed by atoms with E-state index in [0.29, 0.717) is 18.0 Å². The van der Waals surface area contributed by atoms with Crippen LogP contribution in [0.5, 0.6) is 5.75 Å². The van der Waals surface area contributed by atoms with Crippen molar-refractivity contribution in [1.29, 1.82) is 0 Å². The number of carbonyl (C=O) groups excluding carboxylic acids is 2. The third kappa shape index (κ3) is 6.21. The molecule has 30 heavy (non-hydrogen) atoms. The van der Waals surface area contributed by atoms with Gasteiger partial charge in [-0.15, -0.1) is 12.4 Å². The summed E-state index contributed by atoms with van der Waals surface area (Å²) in [5.74, 6) is 0.379. The lowest BCUT2D eigenvalue weighted by Crippen LogP contribution is -2.25. The van der Waals surface area contributed by atoms with Gasteiger partial charge in [0.25, 0.3) is 0 Å². The number of nitrogens with one attached hydrogen (secondary N) is 1. The van der Waals surface area contributed by atoms with E-state index in [4.69, 9.17) is 11.6 Å². The second-order valence-corrected chi connectivity index (χ2v) is 7.83. The van der Waals surface area contributed by atoms with Crippen LogP contribution >= 0.6 is 24.0 Å². The third-order valence-electron chi connectivity index (χ3n) is 5.29. The van der Waals surface area contributed by atoms with Gasteiger partial charge in [0.05, 0.1) is 0 Å². The number of amides is 1. The van der Waals surface area contributed by atoms with E-state index in [1.807, 2.05) is 24.3 Å². The molecule has 0 radical (unpaired) electrons. The minimum Gasteiger partial charge on any atom is -0.508 e. The van der Waals surface area contributed by atoms with E-state index in [9.17, 15) is 14.7 Å². The first-order valence-corrected chi connectivity index (χ1v) is 10.5. The van der Waals surface area contributed by atoms with E-state index < -0.39 is 0 Å². The fraction of sp³-hybridized carbons (Fsp3) is 0.391. The van der Waals surface area contributed by atoms with Crippen LogP contribution < -0.4 is 10.2 Å². The van der Waals surface area contributed by atoms with Gasteiger partial charge in [-0.25, -0.2) is 0 Å². The van der Waals surface area contributed by atoms with Crippen LogP contribution in [0.1, 0.15) is 47.7 Å². The number of halogens is 2. The van der Waals surface area contributed by atoms with Gasteiger partial charge < -0.3 is 15.3 Å². The summed E-state index contributed by atoms with van der Waals surface area (Å²) in [6.45, 7) is 3.92. The van der Waals surface area contributed by atoms with Crippen molar-refractivity contribution in [2.75, 3.05) is 24.5 Å². The highest BCUT2D eigenvalue weighted by atomic mass is 35.5. The molecule has 2 aromatic rings. The van der Waals surface area contributed by atoms with Gasteiger partial charge >= 0.3 is 0 Å². The fourth-order valence-electron chi connectivity index (χ4n) is 3.67. The molecule has 0 bridgehead atoms. The van der Waals surface area contributed by atoms with Crippen LogP contribution in [0, 0.1) is 0 Å². The number of anilines is 1. The molecule has 162 valence electrons. The topological polar surface area (TPSA) is 69.6 Å². The van der Waals surface area contributed by atoms with Gasteiger partial charge in [-0.05, 0) is 80.2 Å². The molecule has 1 amide bonds. The number of nitrogens with zero attached hydrogens (tertiary/aromatic N) is 1. The number of hydrogen-bond acceptors (Lipinski definition) is 4. The number of phenols is 1. The van der Waals surface area contributed by atoms with Crippen LogP contribution in [0.3, 0.4) is 0 Å². The van der Waals surface area contributed by atoms with Crippen molar-refractivity contribution in [3.63, 3.8) is 0 Å². The standard InChI is InChI=1S/C23H27ClN2O3.ClH/c1-16(27)26-13-10-18-14-19(6-8-22(18)26)23(29)4-2-3-11-25-12-9-17-5-7-20(28)15-21(17)24;/h5-8,14-15,25,28H,2-4,9-13H2,1H3;1H. The van der Waals surface area contributed by atoms with Crippen molar-refractivity contribution >= 4 is 41.4 Å². The Morgan fingerprint density at radius 1 is 1.13 bits per heavy atom. The Hall–Kier alpha value is -2.08. The van der Waals surface area contributed by atoms with E-state index in [1.165, 1.54) is 0 Å². The molecule has 0 atom stereocenters. The normalized spacial score (nSPS) is 12.4. The number of rotatable bonds is 9. The zero-order valence-electron chi connectivity index (χ0n) is 17.1. The van der Waals surface area contributed by atoms with Crippen LogP contribution in [0.15, 0.2) is 36.4 Å². The van der Waals surface area contributed by atoms with Crippen LogP contribution in [0.4, 0.5) is 5.69 Å². The highest BCUT2D eigenvalue weighted by Crippen LogP contribution is 2.29. The number of carbonyl (C=O) groups is 2. The van der Waals surface area contributed by atoms with Gasteiger partial charge in [0.2, 0.25) is 5.91 Å². The Kier molecular flexibility index (Phi) is 9.15. The minimum absolute atomic E-state index is 0. The fourth-order valence-corrected chi connectivity index (χ4v) is 3.94. The molecule has 1 aliphatic heterocycles. The predicted octanol–water partition coefficient (Wildman–Crippen LogP) is 4.56. The van der Waals surface area contributed by atoms with Crippen molar-refractivity contribution < 1.29 is 14.7 Å². The lowest BCUT2D eigenvalue weighted by atomic mass is 10.0. The van der Waals surface area contributed by atoms with Gasteiger partial charge in [-0.2, -0.15) is 0 Å². The summed E-state index contributed by atoms with van der Waals surface area (Å²) in [6, 6.07) is 10.7. The number of ketones is 1. The Labute approximate surface area is 188 Å². The van der Waals surface area contributed by atoms with E-state index in [0.717, 1.165) is 61.2 Å². The lowest BCUT2D eigenvalue weighted by molar-refractivity contribution is -0.116. The van der Waals surface area contributed by atoms with Gasteiger partial charge in [0.15, 0.2) is 5.78 Å². The van der Waals surface area contributed by atoms with Crippen LogP contribution in [-0.2, 0) is 17.6 Å². The summed E-state index contributed by atoms with van der Waals surface area (Å²) in [4.78, 5) is 25.9. The molecule has 1 heterocycles. The Morgan fingerprint density at radius 2 is 1.93 bits per heavy atom. The maximum Gasteiger partial charge on any atom is 0.223 e. The van der Waals surface area contributed by atoms with Crippen molar-refractivity contribution in [2.24, 2.45) is 0 Å². The summed E-state index contributed by atoms with van der Waals surface area (Å²) in [6.07, 6.45) is 3.90. The molecule has 1 aliphatic rings. The molecule has 3 rings (SSSR count). The second-order valence-electron chi connectivity index (χ2n) is 7.42. The highest BCUT2D eigenvalue weighted by molar-refractivity contribution is 6.31. The zero-order valence-corrected chi connectivity index (χ0v) is 18.7. The van der Waals surface area contributed by atoms with Crippen LogP contribution in [0.25, 0.3) is 0 Å². The summed E-state index contributed by atoms with van der Waals surface area (Å²) in [5, 5.41) is 13.3. The zero-order chi connectivity index (χ0) is 20.8. The lowest BCUT2D eigenvalue weighted by Gasteiger charge is -2.14. The van der Waals surface area contributed by atoms with Gasteiger partial charge in [-0.3, -0.25) is 9.59 Å². The second kappa shape index (κ2) is 11.3. The average Bonchev–Trinajstić information content (AvgIpc) is 3.12. The molecule has 0 saturated heterocycles. The number of Topliss-reactive ketones (excluding diaryl/α,β-unsaturated/α-hetero) is 1. The summed E-state index contributed by atoms with van der Waals surface area (Å²) >= 11 is 6.10. The maximum absolute atomic E-state index is 12.5. The van der Waals surface area contributed by atoms with Gasteiger partial charge in [0.1, 0.15) is 5.75 Å². The molecule has 2 N–H and O–H groups in total. The van der Waals surface area contributed by atoms with Crippen molar-refractivity contribution in [1.82, 2.24) is 5.32 Å². The smallest absolute Gasteiger partial charge is 0.223 e. The van der Waals surface area contributed by atoms with E-state index in [2.05, 4.69) is 5.32 Å². The van der Waals surface area contributed by atoms with Crippen LogP contribution in [0.2, 0.25) is 5.02 Å². The SMILES string of the molecule is CC(=O)N1CCc2cc(C(=O)CCCCNCCc3ccc(O)cc3Cl)ccc21.Cl. The van der Waals surface area contributed by atoms with Gasteiger partial charge in [-0.1, -0.05) is 17.7 Å². The molecule has 7 heteroatoms. The molecule has 0 saturated carbocycles. The first-order valence-electron chi connectivity index (χ1n) is 10.1. The third-order valence-corrected chi connectivity index (χ3v) is 5.64. The van der Waals surface area contributed by atoms with E-state index >= 15 is 0 Å². The molecular formula is C23H28Cl2N2O3. The summed E-state index contributed by atoms with van der Waals surface area (Å²) < 4.78 is 0. The predicted molar refractivity (Wildman–Crippen MR) is 123 cm³/mol. The van der Waals surface area contributed by atoms with E-state index in [1.54, 1.807) is 24.0 Å². The minimum atomic E-state index is 0. The number of unbranched alkanes of at least 4 members (excludes halogenated alkanes) is 1. The van der Waals surface area contributed by atoms with E-state index in [-0.39, 0.29) is 29.8 Å². The number of phenolic OH excluding ortho intramolecular Hbond substituents is 1. The first kappa shape index (κ1) is 24.2. The number of hydrogen-bond donors (Lipinski definition) is 2. The molecular weight excluding hydrogens is 423 g/mol. The largest absolute Gasteiger partial charge is 0.508 e. The number of benzene rings is 2. The molecule has 0 aliphatic carbocycles. The maximum atomic E-state index is 12.5. The van der Waals surface area contributed by atoms with Crippen molar-refractivity contribution in [2.45, 2.75) is 39.0 Å². The Balaban J connectivity index is 0.00000320. The Bertz CT molecular complexity index is 902. The number of fused-ring (bicyclic) bond motifs is 1. The molecule has 5 nitrogen and oxygen atoms in total. The number of aromatic hydroxyl groups is 1. The average molecular weight is 451 g/mol. The highest BCUT2D eigenvalue weighted by Gasteiger charge is 2.22. The summed E-state index contributed by atoms with van der Waals surface area (Å²) in [5.41, 5.74) is 3.77. The molecule has 0 spiro atoms. The molecule has 2 aromatic carbocycles. The molecule has 0 unspecified atom stereocenters. The Morgan fingerprint density at radius 3 is 2.67 bits per heavy atom. The van der Waals surface area contributed by atoms with Crippen molar-refractivity contribution in [3.8, 4) is 5.75 Å².